The van der Waals surface area contributed by atoms with Gasteiger partial charge in [0.05, 0.1) is 18.4 Å². The Bertz CT molecular complexity index is 861. The summed E-state index contributed by atoms with van der Waals surface area (Å²) in [5, 5.41) is 4.00. The average molecular weight is 453 g/mol. The van der Waals surface area contributed by atoms with E-state index in [0.29, 0.717) is 24.3 Å². The fraction of sp³-hybridized carbons (Fsp3) is 0.444. The largest absolute Gasteiger partial charge is 0.494 e. The minimum atomic E-state index is -0.434. The molecule has 0 atom stereocenters. The van der Waals surface area contributed by atoms with Crippen LogP contribution >= 0.6 is 0 Å². The van der Waals surface area contributed by atoms with E-state index < -0.39 is 5.97 Å². The second-order valence-corrected chi connectivity index (χ2v) is 8.00. The molecule has 0 saturated carbocycles. The zero-order chi connectivity index (χ0) is 23.7. The van der Waals surface area contributed by atoms with Gasteiger partial charge in [-0.1, -0.05) is 52.4 Å². The van der Waals surface area contributed by atoms with Crippen LogP contribution in [-0.2, 0) is 4.79 Å². The van der Waals surface area contributed by atoms with E-state index >= 15 is 0 Å². The molecule has 0 aliphatic carbocycles. The van der Waals surface area contributed by atoms with E-state index in [9.17, 15) is 9.59 Å². The molecule has 2 aromatic carbocycles. The van der Waals surface area contributed by atoms with Gasteiger partial charge in [0, 0.05) is 6.42 Å². The zero-order valence-corrected chi connectivity index (χ0v) is 19.8. The summed E-state index contributed by atoms with van der Waals surface area (Å²) in [7, 11) is 0. The third kappa shape index (κ3) is 10.8. The van der Waals surface area contributed by atoms with Gasteiger partial charge in [-0.2, -0.15) is 5.10 Å². The molecule has 0 unspecified atom stereocenters. The summed E-state index contributed by atoms with van der Waals surface area (Å²) in [6, 6.07) is 13.8. The third-order valence-electron chi connectivity index (χ3n) is 5.06. The van der Waals surface area contributed by atoms with Crippen molar-refractivity contribution >= 4 is 18.1 Å². The third-order valence-corrected chi connectivity index (χ3v) is 5.06. The first kappa shape index (κ1) is 26.1. The van der Waals surface area contributed by atoms with Crippen LogP contribution in [0.2, 0.25) is 0 Å². The predicted octanol–water partition coefficient (Wildman–Crippen LogP) is 6.29. The normalized spacial score (nSPS) is 10.8. The molecule has 178 valence electrons. The highest BCUT2D eigenvalue weighted by Gasteiger charge is 2.09. The van der Waals surface area contributed by atoms with Crippen LogP contribution in [0.1, 0.15) is 87.6 Å². The van der Waals surface area contributed by atoms with Gasteiger partial charge in [-0.25, -0.2) is 10.2 Å². The summed E-state index contributed by atoms with van der Waals surface area (Å²) in [6.07, 6.45) is 11.2. The quantitative estimate of drug-likeness (QED) is 0.113. The number of hydrazone groups is 1. The number of ether oxygens (including phenoxy) is 2. The van der Waals surface area contributed by atoms with E-state index in [1.54, 1.807) is 54.7 Å². The van der Waals surface area contributed by atoms with E-state index in [-0.39, 0.29) is 5.91 Å². The number of carbonyl (C=O) groups excluding carboxylic acids is 2. The van der Waals surface area contributed by atoms with Gasteiger partial charge in [-0.3, -0.25) is 4.79 Å². The van der Waals surface area contributed by atoms with Crippen molar-refractivity contribution in [3.8, 4) is 11.5 Å². The number of amides is 1. The lowest BCUT2D eigenvalue weighted by Crippen LogP contribution is -2.16. The molecule has 1 amide bonds. The Balaban J connectivity index is 1.70. The fourth-order valence-electron chi connectivity index (χ4n) is 3.17. The highest BCUT2D eigenvalue weighted by atomic mass is 16.5. The molecule has 6 heteroatoms. The highest BCUT2D eigenvalue weighted by molar-refractivity contribution is 5.91. The molecule has 0 saturated heterocycles. The zero-order valence-electron chi connectivity index (χ0n) is 19.8. The maximum absolute atomic E-state index is 12.3. The van der Waals surface area contributed by atoms with Crippen LogP contribution in [0.3, 0.4) is 0 Å². The van der Waals surface area contributed by atoms with Crippen LogP contribution in [0.4, 0.5) is 0 Å². The molecule has 1 N–H and O–H groups in total. The fourth-order valence-corrected chi connectivity index (χ4v) is 3.17. The monoisotopic (exact) mass is 452 g/mol. The van der Waals surface area contributed by atoms with Gasteiger partial charge in [-0.05, 0) is 66.9 Å². The Hall–Kier alpha value is -3.15. The Morgan fingerprint density at radius 2 is 1.45 bits per heavy atom. The summed E-state index contributed by atoms with van der Waals surface area (Å²) >= 11 is 0. The lowest BCUT2D eigenvalue weighted by atomic mass is 10.1. The average Bonchev–Trinajstić information content (AvgIpc) is 2.83. The number of benzene rings is 2. The van der Waals surface area contributed by atoms with E-state index in [0.717, 1.165) is 30.6 Å². The van der Waals surface area contributed by atoms with Gasteiger partial charge >= 0.3 is 5.97 Å². The molecular weight excluding hydrogens is 416 g/mol. The minimum Gasteiger partial charge on any atom is -0.494 e. The molecule has 2 aromatic rings. The molecule has 0 aliphatic rings. The Morgan fingerprint density at radius 1 is 0.818 bits per heavy atom. The van der Waals surface area contributed by atoms with Crippen LogP contribution in [0, 0.1) is 0 Å². The summed E-state index contributed by atoms with van der Waals surface area (Å²) in [4.78, 5) is 24.2. The van der Waals surface area contributed by atoms with Gasteiger partial charge < -0.3 is 9.47 Å². The Kier molecular flexibility index (Phi) is 12.4. The Morgan fingerprint density at radius 3 is 2.12 bits per heavy atom. The van der Waals surface area contributed by atoms with Crippen LogP contribution in [0.15, 0.2) is 53.6 Å². The van der Waals surface area contributed by atoms with Crippen molar-refractivity contribution in [2.75, 3.05) is 6.61 Å². The van der Waals surface area contributed by atoms with Crippen molar-refractivity contribution < 1.29 is 19.1 Å². The van der Waals surface area contributed by atoms with E-state index in [4.69, 9.17) is 9.47 Å². The molecule has 0 fully saturated rings. The lowest BCUT2D eigenvalue weighted by molar-refractivity contribution is -0.121. The minimum absolute atomic E-state index is 0.0727. The molecule has 2 rings (SSSR count). The summed E-state index contributed by atoms with van der Waals surface area (Å²) in [6.45, 7) is 4.89. The standard InChI is InChI=1S/C27H36N2O4/c1-3-5-6-7-8-9-10-11-26(30)29-28-21-22-12-16-25(17-13-22)33-27(31)23-14-18-24(19-15-23)32-20-4-2/h12-19,21H,3-11,20H2,1-2H3,(H,29,30)/b28-21+. The number of hydrogen-bond donors (Lipinski definition) is 1. The first-order chi connectivity index (χ1) is 16.1. The van der Waals surface area contributed by atoms with Crippen molar-refractivity contribution in [3.63, 3.8) is 0 Å². The molecule has 0 aromatic heterocycles. The van der Waals surface area contributed by atoms with Gasteiger partial charge in [-0.15, -0.1) is 0 Å². The maximum atomic E-state index is 12.3. The van der Waals surface area contributed by atoms with Crippen molar-refractivity contribution in [1.82, 2.24) is 5.43 Å². The van der Waals surface area contributed by atoms with E-state index in [1.165, 1.54) is 32.1 Å². The van der Waals surface area contributed by atoms with Crippen LogP contribution in [-0.4, -0.2) is 24.7 Å². The van der Waals surface area contributed by atoms with Gasteiger partial charge in [0.15, 0.2) is 0 Å². The molecule has 6 nitrogen and oxygen atoms in total. The first-order valence-corrected chi connectivity index (χ1v) is 12.0. The summed E-state index contributed by atoms with van der Waals surface area (Å²) < 4.78 is 10.9. The lowest BCUT2D eigenvalue weighted by Gasteiger charge is -2.07. The molecule has 33 heavy (non-hydrogen) atoms. The number of unbranched alkanes of at least 4 members (excludes halogenated alkanes) is 6. The molecule has 0 aliphatic heterocycles. The van der Waals surface area contributed by atoms with Crippen molar-refractivity contribution in [2.24, 2.45) is 5.10 Å². The van der Waals surface area contributed by atoms with Gasteiger partial charge in [0.1, 0.15) is 11.5 Å². The molecule has 0 spiro atoms. The van der Waals surface area contributed by atoms with E-state index in [2.05, 4.69) is 17.5 Å². The second kappa shape index (κ2) is 15.6. The van der Waals surface area contributed by atoms with Crippen molar-refractivity contribution in [3.05, 3.63) is 59.7 Å². The van der Waals surface area contributed by atoms with Gasteiger partial charge in [0.25, 0.3) is 0 Å². The van der Waals surface area contributed by atoms with Crippen LogP contribution in [0.25, 0.3) is 0 Å². The van der Waals surface area contributed by atoms with Crippen molar-refractivity contribution in [1.29, 1.82) is 0 Å². The molecule has 0 radical (unpaired) electrons. The maximum Gasteiger partial charge on any atom is 0.343 e. The van der Waals surface area contributed by atoms with Crippen LogP contribution < -0.4 is 14.9 Å². The van der Waals surface area contributed by atoms with Crippen molar-refractivity contribution in [2.45, 2.75) is 71.6 Å². The topological polar surface area (TPSA) is 77.0 Å². The summed E-state index contributed by atoms with van der Waals surface area (Å²) in [5.41, 5.74) is 3.81. The molecule has 0 heterocycles. The SMILES string of the molecule is CCCCCCCCCC(=O)N/N=C/c1ccc(OC(=O)c2ccc(OCCC)cc2)cc1. The number of nitrogens with one attached hydrogen (secondary N) is 1. The highest BCUT2D eigenvalue weighted by Crippen LogP contribution is 2.16. The molecular formula is C27H36N2O4. The van der Waals surface area contributed by atoms with Crippen LogP contribution in [0.5, 0.6) is 11.5 Å². The first-order valence-electron chi connectivity index (χ1n) is 12.0. The number of rotatable bonds is 15. The number of carbonyl (C=O) groups is 2. The number of hydrogen-bond acceptors (Lipinski definition) is 5. The van der Waals surface area contributed by atoms with Gasteiger partial charge in [0.2, 0.25) is 5.91 Å². The molecule has 0 bridgehead atoms. The number of esters is 1. The predicted molar refractivity (Wildman–Crippen MR) is 132 cm³/mol. The smallest absolute Gasteiger partial charge is 0.343 e. The number of nitrogens with zero attached hydrogens (tertiary/aromatic N) is 1. The second-order valence-electron chi connectivity index (χ2n) is 8.00. The summed E-state index contributed by atoms with van der Waals surface area (Å²) in [5.74, 6) is 0.658. The Labute approximate surface area is 197 Å². The van der Waals surface area contributed by atoms with E-state index in [1.807, 2.05) is 6.92 Å².